The molecule has 4 N–H and O–H groups in total. The number of nitrogens with two attached hydrogens (primary N) is 1. The van der Waals surface area contributed by atoms with Gasteiger partial charge in [0.2, 0.25) is 0 Å². The van der Waals surface area contributed by atoms with Gasteiger partial charge >= 0.3 is 0 Å². The Hall–Kier alpha value is -0.750. The molecule has 0 radical (unpaired) electrons. The van der Waals surface area contributed by atoms with Crippen molar-refractivity contribution < 1.29 is 5.21 Å². The van der Waals surface area contributed by atoms with E-state index in [1.165, 1.54) is 5.56 Å². The van der Waals surface area contributed by atoms with Gasteiger partial charge < -0.3 is 16.3 Å². The van der Waals surface area contributed by atoms with Crippen molar-refractivity contribution in [1.29, 1.82) is 0 Å². The fraction of sp³-hybridized carbons (Fsp3) is 0.462. The van der Waals surface area contributed by atoms with Crippen LogP contribution >= 0.6 is 31.9 Å². The summed E-state index contributed by atoms with van der Waals surface area (Å²) in [6.45, 7) is 6.66. The Bertz CT molecular complexity index is 464. The van der Waals surface area contributed by atoms with E-state index in [2.05, 4.69) is 54.5 Å². The predicted octanol–water partition coefficient (Wildman–Crippen LogP) is 4.09. The van der Waals surface area contributed by atoms with Gasteiger partial charge in [-0.3, -0.25) is 0 Å². The smallest absolute Gasteiger partial charge is 0.144 e. The molecule has 0 aliphatic heterocycles. The van der Waals surface area contributed by atoms with Crippen molar-refractivity contribution in [3.05, 3.63) is 26.6 Å². The van der Waals surface area contributed by atoms with Crippen LogP contribution < -0.4 is 11.1 Å². The zero-order chi connectivity index (χ0) is 14.6. The van der Waals surface area contributed by atoms with Gasteiger partial charge in [0.1, 0.15) is 5.84 Å². The molecule has 1 aromatic rings. The second-order valence-corrected chi connectivity index (χ2v) is 6.86. The van der Waals surface area contributed by atoms with Crippen LogP contribution in [0.1, 0.15) is 25.8 Å². The van der Waals surface area contributed by atoms with E-state index in [4.69, 9.17) is 10.9 Å². The van der Waals surface area contributed by atoms with Gasteiger partial charge in [0.15, 0.2) is 0 Å². The molecule has 0 bridgehead atoms. The third-order valence-electron chi connectivity index (χ3n) is 3.04. The molecule has 0 saturated heterocycles. The van der Waals surface area contributed by atoms with Crippen molar-refractivity contribution in [3.63, 3.8) is 0 Å². The number of hydrogen-bond donors (Lipinski definition) is 3. The molecule has 0 atom stereocenters. The molecule has 0 saturated carbocycles. The van der Waals surface area contributed by atoms with Gasteiger partial charge in [-0.05, 0) is 62.9 Å². The molecule has 0 heterocycles. The van der Waals surface area contributed by atoms with Gasteiger partial charge in [0.25, 0.3) is 0 Å². The summed E-state index contributed by atoms with van der Waals surface area (Å²) in [5, 5.41) is 15.2. The van der Waals surface area contributed by atoms with Crippen molar-refractivity contribution in [2.24, 2.45) is 16.3 Å². The first kappa shape index (κ1) is 16.3. The van der Waals surface area contributed by atoms with Gasteiger partial charge in [0.05, 0.1) is 5.69 Å². The number of amidine groups is 1. The quantitative estimate of drug-likeness (QED) is 0.306. The standard InChI is InChI=1S/C13H19Br2N3O/c1-8-6-9(14)11(10(15)7-8)17-5-4-13(2,3)12(16)18-19/h6-7,17,19H,4-5H2,1-3H3,(H2,16,18). The van der Waals surface area contributed by atoms with Gasteiger partial charge in [0, 0.05) is 20.9 Å². The summed E-state index contributed by atoms with van der Waals surface area (Å²) < 4.78 is 2.03. The van der Waals surface area contributed by atoms with Gasteiger partial charge in [-0.15, -0.1) is 0 Å². The largest absolute Gasteiger partial charge is 0.409 e. The number of nitrogens with one attached hydrogen (secondary N) is 1. The minimum Gasteiger partial charge on any atom is -0.409 e. The van der Waals surface area contributed by atoms with Crippen LogP contribution in [-0.2, 0) is 0 Å². The number of oxime groups is 1. The SMILES string of the molecule is Cc1cc(Br)c(NCCC(C)(C)C(N)=NO)c(Br)c1. The number of nitrogens with zero attached hydrogens (tertiary/aromatic N) is 1. The molecule has 106 valence electrons. The maximum absolute atomic E-state index is 8.73. The summed E-state index contributed by atoms with van der Waals surface area (Å²) >= 11 is 7.08. The van der Waals surface area contributed by atoms with E-state index in [-0.39, 0.29) is 11.3 Å². The number of rotatable bonds is 5. The highest BCUT2D eigenvalue weighted by Crippen LogP contribution is 2.32. The molecular formula is C13H19Br2N3O. The lowest BCUT2D eigenvalue weighted by molar-refractivity contribution is 0.306. The molecule has 0 unspecified atom stereocenters. The van der Waals surface area contributed by atoms with E-state index in [9.17, 15) is 0 Å². The molecule has 0 aliphatic carbocycles. The minimum atomic E-state index is -0.342. The van der Waals surface area contributed by atoms with Crippen LogP contribution in [0.2, 0.25) is 0 Å². The first-order valence-corrected chi connectivity index (χ1v) is 7.54. The lowest BCUT2D eigenvalue weighted by atomic mass is 9.88. The predicted molar refractivity (Wildman–Crippen MR) is 86.9 cm³/mol. The summed E-state index contributed by atoms with van der Waals surface area (Å²) in [5.74, 6) is 0.247. The second kappa shape index (κ2) is 6.61. The summed E-state index contributed by atoms with van der Waals surface area (Å²) in [5.41, 5.74) is 7.52. The van der Waals surface area contributed by atoms with E-state index in [0.29, 0.717) is 0 Å². The van der Waals surface area contributed by atoms with Crippen LogP contribution in [0.15, 0.2) is 26.2 Å². The zero-order valence-electron chi connectivity index (χ0n) is 11.3. The van der Waals surface area contributed by atoms with Crippen molar-refractivity contribution in [3.8, 4) is 0 Å². The Morgan fingerprint density at radius 1 is 1.37 bits per heavy atom. The fourth-order valence-corrected chi connectivity index (χ4v) is 3.33. The van der Waals surface area contributed by atoms with Crippen LogP contribution in [0.5, 0.6) is 0 Å². The highest BCUT2D eigenvalue weighted by molar-refractivity contribution is 9.11. The molecule has 4 nitrogen and oxygen atoms in total. The Morgan fingerprint density at radius 3 is 2.37 bits per heavy atom. The Balaban J connectivity index is 2.69. The van der Waals surface area contributed by atoms with Gasteiger partial charge in [-0.2, -0.15) is 0 Å². The summed E-state index contributed by atoms with van der Waals surface area (Å²) in [7, 11) is 0. The van der Waals surface area contributed by atoms with E-state index < -0.39 is 0 Å². The molecule has 1 aromatic carbocycles. The van der Waals surface area contributed by atoms with Crippen molar-refractivity contribution in [2.75, 3.05) is 11.9 Å². The maximum atomic E-state index is 8.73. The topological polar surface area (TPSA) is 70.6 Å². The molecule has 19 heavy (non-hydrogen) atoms. The first-order chi connectivity index (χ1) is 8.77. The number of aryl methyl sites for hydroxylation is 1. The van der Waals surface area contributed by atoms with Crippen LogP contribution in [0.4, 0.5) is 5.69 Å². The zero-order valence-corrected chi connectivity index (χ0v) is 14.5. The van der Waals surface area contributed by atoms with Crippen molar-refractivity contribution in [2.45, 2.75) is 27.2 Å². The summed E-state index contributed by atoms with van der Waals surface area (Å²) in [6.07, 6.45) is 0.760. The highest BCUT2D eigenvalue weighted by Gasteiger charge is 2.23. The third kappa shape index (κ3) is 4.38. The Morgan fingerprint density at radius 2 is 1.89 bits per heavy atom. The molecule has 0 aliphatic rings. The van der Waals surface area contributed by atoms with Gasteiger partial charge in [-0.25, -0.2) is 0 Å². The molecular weight excluding hydrogens is 374 g/mol. The third-order valence-corrected chi connectivity index (χ3v) is 4.29. The fourth-order valence-electron chi connectivity index (χ4n) is 1.63. The van der Waals surface area contributed by atoms with Crippen LogP contribution in [0.25, 0.3) is 0 Å². The Labute approximate surface area is 130 Å². The van der Waals surface area contributed by atoms with E-state index in [0.717, 1.165) is 27.6 Å². The van der Waals surface area contributed by atoms with Crippen LogP contribution in [0.3, 0.4) is 0 Å². The molecule has 6 heteroatoms. The number of anilines is 1. The molecule has 0 amide bonds. The van der Waals surface area contributed by atoms with Crippen LogP contribution in [0, 0.1) is 12.3 Å². The minimum absolute atomic E-state index is 0.247. The average Bonchev–Trinajstić information content (AvgIpc) is 2.31. The number of hydrogen-bond acceptors (Lipinski definition) is 3. The maximum Gasteiger partial charge on any atom is 0.144 e. The van der Waals surface area contributed by atoms with Crippen molar-refractivity contribution >= 4 is 43.4 Å². The second-order valence-electron chi connectivity index (χ2n) is 5.15. The van der Waals surface area contributed by atoms with Crippen LogP contribution in [-0.4, -0.2) is 17.6 Å². The normalized spacial score (nSPS) is 12.6. The first-order valence-electron chi connectivity index (χ1n) is 5.95. The van der Waals surface area contributed by atoms with Crippen molar-refractivity contribution in [1.82, 2.24) is 0 Å². The Kier molecular flexibility index (Phi) is 5.67. The molecule has 0 spiro atoms. The molecule has 0 aromatic heterocycles. The van der Waals surface area contributed by atoms with E-state index in [1.54, 1.807) is 0 Å². The molecule has 1 rings (SSSR count). The average molecular weight is 393 g/mol. The molecule has 0 fully saturated rings. The van der Waals surface area contributed by atoms with Gasteiger partial charge in [-0.1, -0.05) is 19.0 Å². The number of benzene rings is 1. The highest BCUT2D eigenvalue weighted by atomic mass is 79.9. The lowest BCUT2D eigenvalue weighted by Crippen LogP contribution is -2.33. The lowest BCUT2D eigenvalue weighted by Gasteiger charge is -2.23. The van der Waals surface area contributed by atoms with E-state index in [1.807, 2.05) is 20.8 Å². The monoisotopic (exact) mass is 391 g/mol. The summed E-state index contributed by atoms with van der Waals surface area (Å²) in [4.78, 5) is 0. The summed E-state index contributed by atoms with van der Waals surface area (Å²) in [6, 6.07) is 4.11. The number of halogens is 2. The van der Waals surface area contributed by atoms with E-state index >= 15 is 0 Å².